The highest BCUT2D eigenvalue weighted by molar-refractivity contribution is 6.02. The number of aromatic hydroxyl groups is 2. The minimum atomic E-state index is -0.709. The maximum atomic E-state index is 13.1. The Hall–Kier alpha value is -3.80. The van der Waals surface area contributed by atoms with Gasteiger partial charge in [-0.3, -0.25) is 9.59 Å². The van der Waals surface area contributed by atoms with E-state index in [9.17, 15) is 19.8 Å². The highest BCUT2D eigenvalue weighted by Crippen LogP contribution is 2.50. The molecule has 1 saturated carbocycles. The first kappa shape index (κ1) is 19.5. The monoisotopic (exact) mass is 402 g/mol. The Kier molecular flexibility index (Phi) is 4.70. The molecule has 5 N–H and O–H groups in total. The summed E-state index contributed by atoms with van der Waals surface area (Å²) in [7, 11) is 0. The Morgan fingerprint density at radius 2 is 1.67 bits per heavy atom. The van der Waals surface area contributed by atoms with Crippen molar-refractivity contribution in [2.24, 2.45) is 5.73 Å². The van der Waals surface area contributed by atoms with Gasteiger partial charge < -0.3 is 21.3 Å². The fraction of sp³-hybridized carbons (Fsp3) is 0.167. The van der Waals surface area contributed by atoms with Crippen LogP contribution >= 0.6 is 0 Å². The number of nitrogens with two attached hydrogens (primary N) is 1. The van der Waals surface area contributed by atoms with Gasteiger partial charge in [-0.1, -0.05) is 30.3 Å². The molecule has 0 saturated heterocycles. The third kappa shape index (κ3) is 3.48. The van der Waals surface area contributed by atoms with E-state index in [2.05, 4.69) is 5.32 Å². The maximum Gasteiger partial charge on any atom is 0.248 e. The summed E-state index contributed by atoms with van der Waals surface area (Å²) >= 11 is 0. The number of rotatable bonds is 5. The van der Waals surface area contributed by atoms with Crippen molar-refractivity contribution in [3.8, 4) is 22.6 Å². The number of amides is 2. The predicted octanol–water partition coefficient (Wildman–Crippen LogP) is 3.84. The van der Waals surface area contributed by atoms with Crippen LogP contribution in [0.4, 0.5) is 5.69 Å². The second-order valence-corrected chi connectivity index (χ2v) is 7.71. The standard InChI is InChI=1S/C24H22N2O4/c1-14-5-6-16(15-3-2-4-17(11-15)22(25)29)12-19(14)26-23(30)24(9-10-24)18-7-8-20(27)21(28)13-18/h2-8,11-13,27-28H,9-10H2,1H3,(H2,25,29)(H,26,30). The number of hydrogen-bond acceptors (Lipinski definition) is 4. The summed E-state index contributed by atoms with van der Waals surface area (Å²) in [4.78, 5) is 24.6. The summed E-state index contributed by atoms with van der Waals surface area (Å²) in [6.45, 7) is 1.91. The highest BCUT2D eigenvalue weighted by Gasteiger charge is 2.51. The molecule has 30 heavy (non-hydrogen) atoms. The molecular formula is C24H22N2O4. The zero-order valence-corrected chi connectivity index (χ0v) is 16.5. The fourth-order valence-electron chi connectivity index (χ4n) is 3.62. The Labute approximate surface area is 174 Å². The Morgan fingerprint density at radius 1 is 0.933 bits per heavy atom. The van der Waals surface area contributed by atoms with Crippen LogP contribution in [0.15, 0.2) is 60.7 Å². The van der Waals surface area contributed by atoms with Crippen LogP contribution in [0, 0.1) is 6.92 Å². The number of benzene rings is 3. The van der Waals surface area contributed by atoms with E-state index in [1.807, 2.05) is 31.2 Å². The van der Waals surface area contributed by atoms with Crippen LogP contribution in [0.25, 0.3) is 11.1 Å². The van der Waals surface area contributed by atoms with Gasteiger partial charge in [0.05, 0.1) is 5.41 Å². The summed E-state index contributed by atoms with van der Waals surface area (Å²) in [6, 6.07) is 17.2. The van der Waals surface area contributed by atoms with Gasteiger partial charge in [0, 0.05) is 11.3 Å². The highest BCUT2D eigenvalue weighted by atomic mass is 16.3. The summed E-state index contributed by atoms with van der Waals surface area (Å²) in [5.74, 6) is -1.10. The van der Waals surface area contributed by atoms with Gasteiger partial charge in [-0.05, 0) is 72.4 Å². The zero-order valence-electron chi connectivity index (χ0n) is 16.5. The SMILES string of the molecule is Cc1ccc(-c2cccc(C(N)=O)c2)cc1NC(=O)C1(c2ccc(O)c(O)c2)CC1. The first-order valence-electron chi connectivity index (χ1n) is 9.65. The maximum absolute atomic E-state index is 13.1. The van der Waals surface area contributed by atoms with E-state index in [0.29, 0.717) is 29.7 Å². The molecule has 1 aliphatic carbocycles. The van der Waals surface area contributed by atoms with Gasteiger partial charge in [0.2, 0.25) is 11.8 Å². The van der Waals surface area contributed by atoms with Crippen LogP contribution in [0.3, 0.4) is 0 Å². The minimum absolute atomic E-state index is 0.154. The molecule has 2 amide bonds. The molecular weight excluding hydrogens is 380 g/mol. The number of nitrogens with one attached hydrogen (secondary N) is 1. The lowest BCUT2D eigenvalue weighted by atomic mass is 9.94. The van der Waals surface area contributed by atoms with Crippen LogP contribution in [0.2, 0.25) is 0 Å². The number of hydrogen-bond donors (Lipinski definition) is 4. The topological polar surface area (TPSA) is 113 Å². The fourth-order valence-corrected chi connectivity index (χ4v) is 3.62. The third-order valence-electron chi connectivity index (χ3n) is 5.68. The molecule has 3 aromatic carbocycles. The van der Waals surface area contributed by atoms with E-state index < -0.39 is 11.3 Å². The second-order valence-electron chi connectivity index (χ2n) is 7.71. The number of phenols is 2. The zero-order chi connectivity index (χ0) is 21.5. The lowest BCUT2D eigenvalue weighted by Crippen LogP contribution is -2.28. The molecule has 6 nitrogen and oxygen atoms in total. The van der Waals surface area contributed by atoms with Crippen LogP contribution in [-0.4, -0.2) is 22.0 Å². The van der Waals surface area contributed by atoms with E-state index in [4.69, 9.17) is 5.73 Å². The molecule has 0 atom stereocenters. The van der Waals surface area contributed by atoms with Crippen molar-refractivity contribution in [2.75, 3.05) is 5.32 Å². The molecule has 3 aromatic rings. The van der Waals surface area contributed by atoms with Crippen LogP contribution in [-0.2, 0) is 10.2 Å². The van der Waals surface area contributed by atoms with E-state index in [1.54, 1.807) is 24.3 Å². The van der Waals surface area contributed by atoms with E-state index in [0.717, 1.165) is 16.7 Å². The van der Waals surface area contributed by atoms with Crippen LogP contribution in [0.5, 0.6) is 11.5 Å². The molecule has 0 radical (unpaired) electrons. The lowest BCUT2D eigenvalue weighted by molar-refractivity contribution is -0.118. The first-order valence-corrected chi connectivity index (χ1v) is 9.65. The predicted molar refractivity (Wildman–Crippen MR) is 114 cm³/mol. The molecule has 0 unspecified atom stereocenters. The van der Waals surface area contributed by atoms with E-state index in [-0.39, 0.29) is 17.4 Å². The average Bonchev–Trinajstić information content (AvgIpc) is 3.54. The van der Waals surface area contributed by atoms with Crippen molar-refractivity contribution in [1.29, 1.82) is 0 Å². The lowest BCUT2D eigenvalue weighted by Gasteiger charge is -2.18. The number of primary amides is 1. The summed E-state index contributed by atoms with van der Waals surface area (Å²) in [5.41, 5.74) is 9.03. The quantitative estimate of drug-likeness (QED) is 0.486. The molecule has 152 valence electrons. The average molecular weight is 402 g/mol. The van der Waals surface area contributed by atoms with E-state index >= 15 is 0 Å². The molecule has 4 rings (SSSR count). The van der Waals surface area contributed by atoms with Crippen molar-refractivity contribution < 1.29 is 19.8 Å². The summed E-state index contributed by atoms with van der Waals surface area (Å²) < 4.78 is 0. The van der Waals surface area contributed by atoms with Gasteiger partial charge in [-0.15, -0.1) is 0 Å². The van der Waals surface area contributed by atoms with Gasteiger partial charge >= 0.3 is 0 Å². The first-order chi connectivity index (χ1) is 14.3. The van der Waals surface area contributed by atoms with Gasteiger partial charge in [0.15, 0.2) is 11.5 Å². The minimum Gasteiger partial charge on any atom is -0.504 e. The van der Waals surface area contributed by atoms with Crippen LogP contribution < -0.4 is 11.1 Å². The van der Waals surface area contributed by atoms with Crippen molar-refractivity contribution >= 4 is 17.5 Å². The molecule has 0 aromatic heterocycles. The third-order valence-corrected chi connectivity index (χ3v) is 5.68. The summed E-state index contributed by atoms with van der Waals surface area (Å²) in [5, 5.41) is 22.4. The van der Waals surface area contributed by atoms with Gasteiger partial charge in [0.1, 0.15) is 0 Å². The summed E-state index contributed by atoms with van der Waals surface area (Å²) in [6.07, 6.45) is 1.34. The largest absolute Gasteiger partial charge is 0.504 e. The molecule has 1 aliphatic rings. The molecule has 6 heteroatoms. The Balaban J connectivity index is 1.63. The number of aryl methyl sites for hydroxylation is 1. The van der Waals surface area contributed by atoms with E-state index in [1.165, 1.54) is 12.1 Å². The number of anilines is 1. The molecule has 0 spiro atoms. The second kappa shape index (κ2) is 7.22. The number of carbonyl (C=O) groups excluding carboxylic acids is 2. The van der Waals surface area contributed by atoms with Gasteiger partial charge in [-0.25, -0.2) is 0 Å². The number of carbonyl (C=O) groups is 2. The van der Waals surface area contributed by atoms with Crippen molar-refractivity contribution in [1.82, 2.24) is 0 Å². The molecule has 1 fully saturated rings. The van der Waals surface area contributed by atoms with Crippen molar-refractivity contribution in [2.45, 2.75) is 25.2 Å². The number of phenolic OH excluding ortho intramolecular Hbond substituents is 2. The normalized spacial score (nSPS) is 14.2. The van der Waals surface area contributed by atoms with Gasteiger partial charge in [-0.2, -0.15) is 0 Å². The van der Waals surface area contributed by atoms with Gasteiger partial charge in [0.25, 0.3) is 0 Å². The smallest absolute Gasteiger partial charge is 0.248 e. The molecule has 0 bridgehead atoms. The van der Waals surface area contributed by atoms with Crippen molar-refractivity contribution in [3.63, 3.8) is 0 Å². The molecule has 0 heterocycles. The Morgan fingerprint density at radius 3 is 2.33 bits per heavy atom. The Bertz CT molecular complexity index is 1170. The molecule has 0 aliphatic heterocycles. The van der Waals surface area contributed by atoms with Crippen molar-refractivity contribution in [3.05, 3.63) is 77.4 Å². The van der Waals surface area contributed by atoms with Crippen LogP contribution in [0.1, 0.15) is 34.3 Å².